The maximum absolute atomic E-state index is 12.7. The van der Waals surface area contributed by atoms with Crippen molar-refractivity contribution >= 4 is 35.0 Å². The molecule has 0 atom stereocenters. The molecule has 0 spiro atoms. The lowest BCUT2D eigenvalue weighted by Gasteiger charge is -2.13. The van der Waals surface area contributed by atoms with Gasteiger partial charge in [-0.2, -0.15) is 0 Å². The van der Waals surface area contributed by atoms with Crippen molar-refractivity contribution in [2.45, 2.75) is 6.92 Å². The molecular formula is C18H16N2O3S. The molecular weight excluding hydrogens is 324 g/mol. The molecule has 122 valence electrons. The minimum atomic E-state index is -0.226. The Hall–Kier alpha value is -2.86. The number of rotatable bonds is 3. The Labute approximate surface area is 145 Å². The molecule has 0 bridgehead atoms. The number of hydrogen-bond acceptors (Lipinski definition) is 4. The Morgan fingerprint density at radius 2 is 1.92 bits per heavy atom. The van der Waals surface area contributed by atoms with Crippen molar-refractivity contribution in [2.24, 2.45) is 0 Å². The van der Waals surface area contributed by atoms with Gasteiger partial charge in [-0.15, -0.1) is 0 Å². The van der Waals surface area contributed by atoms with Crippen LogP contribution in [0.3, 0.4) is 0 Å². The van der Waals surface area contributed by atoms with Crippen molar-refractivity contribution in [1.82, 2.24) is 5.32 Å². The van der Waals surface area contributed by atoms with E-state index in [0.29, 0.717) is 22.1 Å². The maximum Gasteiger partial charge on any atom is 0.281 e. The van der Waals surface area contributed by atoms with Gasteiger partial charge in [-0.25, -0.2) is 0 Å². The number of phenols is 1. The number of carbonyl (C=O) groups is 1. The van der Waals surface area contributed by atoms with E-state index in [2.05, 4.69) is 5.32 Å². The topological polar surface area (TPSA) is 61.8 Å². The van der Waals surface area contributed by atoms with Crippen LogP contribution in [0.15, 0.2) is 48.2 Å². The first-order chi connectivity index (χ1) is 11.5. The van der Waals surface area contributed by atoms with Gasteiger partial charge in [-0.3, -0.25) is 9.69 Å². The minimum absolute atomic E-state index is 0.0437. The van der Waals surface area contributed by atoms with Crippen LogP contribution in [0.25, 0.3) is 6.08 Å². The monoisotopic (exact) mass is 340 g/mol. The average Bonchev–Trinajstić information content (AvgIpc) is 2.84. The number of methoxy groups -OCH3 is 1. The molecule has 2 aromatic carbocycles. The summed E-state index contributed by atoms with van der Waals surface area (Å²) >= 11 is 5.28. The van der Waals surface area contributed by atoms with E-state index in [1.165, 1.54) is 18.1 Å². The largest absolute Gasteiger partial charge is 0.504 e. The Morgan fingerprint density at radius 3 is 2.58 bits per heavy atom. The lowest BCUT2D eigenvalue weighted by molar-refractivity contribution is -0.113. The Bertz CT molecular complexity index is 844. The quantitative estimate of drug-likeness (QED) is 0.664. The molecule has 1 amide bonds. The first kappa shape index (κ1) is 16.0. The Balaban J connectivity index is 1.92. The third-order valence-corrected chi connectivity index (χ3v) is 3.97. The number of nitrogens with zero attached hydrogens (tertiary/aromatic N) is 1. The molecule has 3 rings (SSSR count). The van der Waals surface area contributed by atoms with Crippen LogP contribution in [-0.4, -0.2) is 23.2 Å². The fourth-order valence-corrected chi connectivity index (χ4v) is 2.71. The average molecular weight is 340 g/mol. The summed E-state index contributed by atoms with van der Waals surface area (Å²) in [5, 5.41) is 12.9. The highest BCUT2D eigenvalue weighted by atomic mass is 32.1. The molecule has 5 nitrogen and oxygen atoms in total. The first-order valence-corrected chi connectivity index (χ1v) is 7.71. The number of benzene rings is 2. The molecule has 0 saturated carbocycles. The van der Waals surface area contributed by atoms with Gasteiger partial charge in [0.15, 0.2) is 16.6 Å². The molecule has 0 radical (unpaired) electrons. The van der Waals surface area contributed by atoms with E-state index in [0.717, 1.165) is 11.3 Å². The van der Waals surface area contributed by atoms with Gasteiger partial charge >= 0.3 is 0 Å². The summed E-state index contributed by atoms with van der Waals surface area (Å²) in [5.41, 5.74) is 2.91. The SMILES string of the molecule is COc1cc(/C=C2\NC(=S)N(c3ccc(C)cc3)C2=O)ccc1O. The number of anilines is 1. The van der Waals surface area contributed by atoms with Crippen LogP contribution >= 0.6 is 12.2 Å². The van der Waals surface area contributed by atoms with Crippen LogP contribution in [0.5, 0.6) is 11.5 Å². The number of hydrogen-bond donors (Lipinski definition) is 2. The zero-order valence-electron chi connectivity index (χ0n) is 13.2. The summed E-state index contributed by atoms with van der Waals surface area (Å²) in [6.07, 6.45) is 1.67. The highest BCUT2D eigenvalue weighted by Gasteiger charge is 2.31. The van der Waals surface area contributed by atoms with Crippen molar-refractivity contribution in [2.75, 3.05) is 12.0 Å². The van der Waals surface area contributed by atoms with E-state index >= 15 is 0 Å². The number of thiocarbonyl (C=S) groups is 1. The smallest absolute Gasteiger partial charge is 0.281 e. The Kier molecular flexibility index (Phi) is 4.22. The number of amides is 1. The summed E-state index contributed by atoms with van der Waals surface area (Å²) in [7, 11) is 1.47. The van der Waals surface area contributed by atoms with Gasteiger partial charge in [0.25, 0.3) is 5.91 Å². The second-order valence-corrected chi connectivity index (χ2v) is 5.78. The summed E-state index contributed by atoms with van der Waals surface area (Å²) < 4.78 is 5.08. The molecule has 1 aliphatic rings. The summed E-state index contributed by atoms with van der Waals surface area (Å²) in [6, 6.07) is 12.4. The van der Waals surface area contributed by atoms with Gasteiger partial charge in [0.1, 0.15) is 5.70 Å². The van der Waals surface area contributed by atoms with Gasteiger partial charge in [0, 0.05) is 0 Å². The predicted molar refractivity (Wildman–Crippen MR) is 97.0 cm³/mol. The van der Waals surface area contributed by atoms with Crippen LogP contribution in [0.1, 0.15) is 11.1 Å². The third kappa shape index (κ3) is 2.96. The van der Waals surface area contributed by atoms with Crippen molar-refractivity contribution in [3.05, 3.63) is 59.3 Å². The van der Waals surface area contributed by atoms with Gasteiger partial charge in [0.2, 0.25) is 0 Å². The molecule has 1 fully saturated rings. The van der Waals surface area contributed by atoms with Crippen LogP contribution < -0.4 is 15.0 Å². The molecule has 1 saturated heterocycles. The van der Waals surface area contributed by atoms with Crippen molar-refractivity contribution in [3.63, 3.8) is 0 Å². The molecule has 1 heterocycles. The van der Waals surface area contributed by atoms with Crippen molar-refractivity contribution in [3.8, 4) is 11.5 Å². The molecule has 1 aliphatic heterocycles. The highest BCUT2D eigenvalue weighted by molar-refractivity contribution is 7.80. The molecule has 2 aromatic rings. The van der Waals surface area contributed by atoms with Crippen LogP contribution in [0, 0.1) is 6.92 Å². The van der Waals surface area contributed by atoms with E-state index in [-0.39, 0.29) is 11.7 Å². The Morgan fingerprint density at radius 1 is 1.21 bits per heavy atom. The summed E-state index contributed by atoms with van der Waals surface area (Å²) in [6.45, 7) is 1.98. The predicted octanol–water partition coefficient (Wildman–Crippen LogP) is 2.97. The zero-order chi connectivity index (χ0) is 17.3. The lowest BCUT2D eigenvalue weighted by Crippen LogP contribution is -2.30. The minimum Gasteiger partial charge on any atom is -0.504 e. The van der Waals surface area contributed by atoms with E-state index in [1.54, 1.807) is 18.2 Å². The second-order valence-electron chi connectivity index (χ2n) is 5.40. The van der Waals surface area contributed by atoms with Gasteiger partial charge in [-0.05, 0) is 55.0 Å². The van der Waals surface area contributed by atoms with E-state index in [9.17, 15) is 9.90 Å². The van der Waals surface area contributed by atoms with E-state index < -0.39 is 0 Å². The van der Waals surface area contributed by atoms with Crippen molar-refractivity contribution < 1.29 is 14.6 Å². The standard InChI is InChI=1S/C18H16N2O3S/c1-11-3-6-13(7-4-11)20-17(22)14(19-18(20)24)9-12-5-8-15(21)16(10-12)23-2/h3-10,21H,1-2H3,(H,19,24)/b14-9-. The highest BCUT2D eigenvalue weighted by Crippen LogP contribution is 2.28. The summed E-state index contributed by atoms with van der Waals surface area (Å²) in [4.78, 5) is 14.1. The van der Waals surface area contributed by atoms with Gasteiger partial charge < -0.3 is 15.2 Å². The molecule has 0 aromatic heterocycles. The van der Waals surface area contributed by atoms with E-state index in [1.807, 2.05) is 31.2 Å². The normalized spacial score (nSPS) is 15.8. The van der Waals surface area contributed by atoms with Gasteiger partial charge in [0.05, 0.1) is 12.8 Å². The van der Waals surface area contributed by atoms with Crippen LogP contribution in [0.4, 0.5) is 5.69 Å². The second kappa shape index (κ2) is 6.33. The number of ether oxygens (including phenoxy) is 1. The fraction of sp³-hybridized carbons (Fsp3) is 0.111. The number of carbonyl (C=O) groups excluding carboxylic acids is 1. The van der Waals surface area contributed by atoms with E-state index in [4.69, 9.17) is 17.0 Å². The fourth-order valence-electron chi connectivity index (χ4n) is 2.41. The third-order valence-electron chi connectivity index (χ3n) is 3.69. The molecule has 0 unspecified atom stereocenters. The number of aromatic hydroxyl groups is 1. The number of aryl methyl sites for hydroxylation is 1. The molecule has 6 heteroatoms. The zero-order valence-corrected chi connectivity index (χ0v) is 14.1. The lowest BCUT2D eigenvalue weighted by atomic mass is 10.1. The molecule has 0 aliphatic carbocycles. The van der Waals surface area contributed by atoms with Crippen molar-refractivity contribution in [1.29, 1.82) is 0 Å². The van der Waals surface area contributed by atoms with Gasteiger partial charge in [-0.1, -0.05) is 23.8 Å². The molecule has 24 heavy (non-hydrogen) atoms. The van der Waals surface area contributed by atoms with Crippen LogP contribution in [-0.2, 0) is 4.79 Å². The molecule has 2 N–H and O–H groups in total. The summed E-state index contributed by atoms with van der Waals surface area (Å²) in [5.74, 6) is 0.158. The van der Waals surface area contributed by atoms with Crippen LogP contribution in [0.2, 0.25) is 0 Å². The number of phenolic OH excluding ortho intramolecular Hbond substituents is 1. The first-order valence-electron chi connectivity index (χ1n) is 7.30. The number of nitrogens with one attached hydrogen (secondary N) is 1. The maximum atomic E-state index is 12.7.